The van der Waals surface area contributed by atoms with E-state index in [9.17, 15) is 0 Å². The highest BCUT2D eigenvalue weighted by Gasteiger charge is 2.13. The van der Waals surface area contributed by atoms with Crippen molar-refractivity contribution in [2.45, 2.75) is 59.7 Å². The number of rotatable bonds is 7. The number of thiazole rings is 1. The molecule has 0 radical (unpaired) electrons. The fourth-order valence-corrected chi connectivity index (χ4v) is 3.08. The van der Waals surface area contributed by atoms with Crippen molar-refractivity contribution < 1.29 is 9.47 Å². The molecule has 2 atom stereocenters. The highest BCUT2D eigenvalue weighted by Crippen LogP contribution is 2.20. The zero-order chi connectivity index (χ0) is 16.7. The summed E-state index contributed by atoms with van der Waals surface area (Å²) in [6.45, 7) is 10.1. The van der Waals surface area contributed by atoms with Crippen LogP contribution in [0.1, 0.15) is 57.2 Å². The zero-order valence-corrected chi connectivity index (χ0v) is 15.6. The molecule has 0 saturated carbocycles. The second-order valence-electron chi connectivity index (χ2n) is 6.47. The Morgan fingerprint density at radius 2 is 2.30 bits per heavy atom. The Bertz CT molecular complexity index is 541. The summed E-state index contributed by atoms with van der Waals surface area (Å²) in [4.78, 5) is 4.50. The summed E-state index contributed by atoms with van der Waals surface area (Å²) in [5, 5.41) is 3.24. The van der Waals surface area contributed by atoms with E-state index in [0.29, 0.717) is 12.5 Å². The number of aryl methyl sites for hydroxylation is 1. The Morgan fingerprint density at radius 3 is 2.96 bits per heavy atom. The molecule has 0 bridgehead atoms. The summed E-state index contributed by atoms with van der Waals surface area (Å²) >= 11 is 1.70. The second-order valence-corrected chi connectivity index (χ2v) is 7.54. The minimum atomic E-state index is -0.000870. The minimum Gasteiger partial charge on any atom is -0.353 e. The maximum absolute atomic E-state index is 5.82. The van der Waals surface area contributed by atoms with Crippen molar-refractivity contribution in [1.82, 2.24) is 4.98 Å². The van der Waals surface area contributed by atoms with Crippen molar-refractivity contribution in [3.63, 3.8) is 0 Å². The number of ether oxygens (including phenoxy) is 2. The van der Waals surface area contributed by atoms with E-state index in [1.807, 2.05) is 6.92 Å². The normalized spacial score (nSPS) is 21.5. The van der Waals surface area contributed by atoms with Crippen LogP contribution < -0.4 is 0 Å². The van der Waals surface area contributed by atoms with Crippen molar-refractivity contribution in [3.05, 3.63) is 33.3 Å². The van der Waals surface area contributed by atoms with E-state index < -0.39 is 0 Å². The van der Waals surface area contributed by atoms with E-state index in [-0.39, 0.29) is 6.29 Å². The first-order valence-electron chi connectivity index (χ1n) is 8.53. The molecule has 0 spiro atoms. The van der Waals surface area contributed by atoms with Gasteiger partial charge in [0.05, 0.1) is 17.3 Å². The molecule has 1 fully saturated rings. The molecule has 0 aromatic carbocycles. The average molecular weight is 336 g/mol. The molecule has 1 aromatic heterocycles. The largest absolute Gasteiger partial charge is 0.353 e. The highest BCUT2D eigenvalue weighted by molar-refractivity contribution is 7.09. The molecular weight excluding hydrogens is 306 g/mol. The molecule has 4 heteroatoms. The lowest BCUT2D eigenvalue weighted by Crippen LogP contribution is -2.22. The van der Waals surface area contributed by atoms with E-state index in [1.54, 1.807) is 11.3 Å². The third kappa shape index (κ3) is 6.58. The summed E-state index contributed by atoms with van der Waals surface area (Å²) in [6, 6.07) is 0. The SMILES string of the molecule is C/C(=C/C[C@H](C)/C(C)=C/c1csc(C)n1)COC1CCCCO1. The van der Waals surface area contributed by atoms with Gasteiger partial charge in [-0.1, -0.05) is 24.1 Å². The molecule has 1 aromatic rings. The third-order valence-electron chi connectivity index (χ3n) is 4.24. The van der Waals surface area contributed by atoms with Crippen molar-refractivity contribution in [2.24, 2.45) is 5.92 Å². The van der Waals surface area contributed by atoms with E-state index in [2.05, 4.69) is 43.3 Å². The van der Waals surface area contributed by atoms with Crippen LogP contribution in [-0.4, -0.2) is 24.5 Å². The molecule has 1 unspecified atom stereocenters. The highest BCUT2D eigenvalue weighted by atomic mass is 32.1. The molecule has 0 N–H and O–H groups in total. The fraction of sp³-hybridized carbons (Fsp3) is 0.632. The van der Waals surface area contributed by atoms with Crippen LogP contribution in [0.15, 0.2) is 22.6 Å². The average Bonchev–Trinajstić information content (AvgIpc) is 2.96. The molecule has 128 valence electrons. The molecular formula is C19H29NO2S. The van der Waals surface area contributed by atoms with Gasteiger partial charge in [-0.25, -0.2) is 4.98 Å². The van der Waals surface area contributed by atoms with Gasteiger partial charge in [-0.3, -0.25) is 0 Å². The number of nitrogens with zero attached hydrogens (tertiary/aromatic N) is 1. The smallest absolute Gasteiger partial charge is 0.158 e. The summed E-state index contributed by atoms with van der Waals surface area (Å²) in [6.07, 6.45) is 8.92. The van der Waals surface area contributed by atoms with Crippen LogP contribution in [0.3, 0.4) is 0 Å². The fourth-order valence-electron chi connectivity index (χ4n) is 2.51. The monoisotopic (exact) mass is 335 g/mol. The van der Waals surface area contributed by atoms with Gasteiger partial charge in [0.15, 0.2) is 6.29 Å². The molecule has 2 rings (SSSR count). The molecule has 1 aliphatic heterocycles. The molecule has 1 aliphatic rings. The number of aromatic nitrogens is 1. The summed E-state index contributed by atoms with van der Waals surface area (Å²) in [5.41, 5.74) is 3.73. The van der Waals surface area contributed by atoms with Crippen LogP contribution >= 0.6 is 11.3 Å². The van der Waals surface area contributed by atoms with Gasteiger partial charge >= 0.3 is 0 Å². The quantitative estimate of drug-likeness (QED) is 0.628. The topological polar surface area (TPSA) is 31.4 Å². The van der Waals surface area contributed by atoms with Gasteiger partial charge in [0.1, 0.15) is 0 Å². The first kappa shape index (κ1) is 18.4. The van der Waals surface area contributed by atoms with Crippen LogP contribution in [-0.2, 0) is 9.47 Å². The number of hydrogen-bond acceptors (Lipinski definition) is 4. The van der Waals surface area contributed by atoms with Crippen molar-refractivity contribution in [2.75, 3.05) is 13.2 Å². The Kier molecular flexibility index (Phi) is 7.47. The Balaban J connectivity index is 1.77. The lowest BCUT2D eigenvalue weighted by molar-refractivity contribution is -0.156. The maximum atomic E-state index is 5.82. The Morgan fingerprint density at radius 1 is 1.48 bits per heavy atom. The molecule has 0 amide bonds. The van der Waals surface area contributed by atoms with E-state index in [4.69, 9.17) is 9.47 Å². The lowest BCUT2D eigenvalue weighted by Gasteiger charge is -2.22. The van der Waals surface area contributed by atoms with Gasteiger partial charge in [0, 0.05) is 12.0 Å². The van der Waals surface area contributed by atoms with Crippen LogP contribution in [0.5, 0.6) is 0 Å². The van der Waals surface area contributed by atoms with Gasteiger partial charge in [0.25, 0.3) is 0 Å². The summed E-state index contributed by atoms with van der Waals surface area (Å²) in [5.74, 6) is 0.512. The van der Waals surface area contributed by atoms with E-state index in [1.165, 1.54) is 17.6 Å². The number of hydrogen-bond donors (Lipinski definition) is 0. The molecule has 1 saturated heterocycles. The van der Waals surface area contributed by atoms with Gasteiger partial charge in [-0.15, -0.1) is 11.3 Å². The van der Waals surface area contributed by atoms with Gasteiger partial charge < -0.3 is 9.47 Å². The Labute approximate surface area is 144 Å². The standard InChI is InChI=1S/C19H29NO2S/c1-14(12-22-19-7-5-6-10-21-19)8-9-15(2)16(3)11-18-13-23-17(4)20-18/h8,11,13,15,19H,5-7,9-10,12H2,1-4H3/b14-8-,16-11+/t15-,19?/m0/s1. The van der Waals surface area contributed by atoms with Crippen molar-refractivity contribution in [3.8, 4) is 0 Å². The zero-order valence-electron chi connectivity index (χ0n) is 14.8. The third-order valence-corrected chi connectivity index (χ3v) is 5.04. The maximum Gasteiger partial charge on any atom is 0.158 e. The van der Waals surface area contributed by atoms with Crippen molar-refractivity contribution >= 4 is 17.4 Å². The summed E-state index contributed by atoms with van der Waals surface area (Å²) < 4.78 is 11.4. The van der Waals surface area contributed by atoms with Crippen LogP contribution in [0.25, 0.3) is 6.08 Å². The van der Waals surface area contributed by atoms with Gasteiger partial charge in [-0.05, 0) is 58.4 Å². The van der Waals surface area contributed by atoms with Crippen molar-refractivity contribution in [1.29, 1.82) is 0 Å². The Hall–Kier alpha value is -0.970. The predicted octanol–water partition coefficient (Wildman–Crippen LogP) is 5.37. The van der Waals surface area contributed by atoms with E-state index in [0.717, 1.165) is 36.6 Å². The van der Waals surface area contributed by atoms with E-state index >= 15 is 0 Å². The predicted molar refractivity (Wildman–Crippen MR) is 97.6 cm³/mol. The van der Waals surface area contributed by atoms with Gasteiger partial charge in [-0.2, -0.15) is 0 Å². The molecule has 2 heterocycles. The molecule has 3 nitrogen and oxygen atoms in total. The van der Waals surface area contributed by atoms with Crippen LogP contribution in [0.2, 0.25) is 0 Å². The van der Waals surface area contributed by atoms with Crippen LogP contribution in [0.4, 0.5) is 0 Å². The first-order chi connectivity index (χ1) is 11.0. The minimum absolute atomic E-state index is 0.000870. The second kappa shape index (κ2) is 9.36. The van der Waals surface area contributed by atoms with Crippen LogP contribution in [0, 0.1) is 12.8 Å². The summed E-state index contributed by atoms with van der Waals surface area (Å²) in [7, 11) is 0. The van der Waals surface area contributed by atoms with Gasteiger partial charge in [0.2, 0.25) is 0 Å². The first-order valence-corrected chi connectivity index (χ1v) is 9.41. The number of allylic oxidation sites excluding steroid dienone is 2. The molecule has 0 aliphatic carbocycles. The lowest BCUT2D eigenvalue weighted by atomic mass is 9.97. The molecule has 23 heavy (non-hydrogen) atoms.